The molecule has 1 aliphatic rings. The van der Waals surface area contributed by atoms with Crippen LogP contribution in [0.4, 0.5) is 0 Å². The number of nitriles is 1. The average Bonchev–Trinajstić information content (AvgIpc) is 2.73. The summed E-state index contributed by atoms with van der Waals surface area (Å²) in [7, 11) is 0. The molecule has 2 rings (SSSR count). The standard InChI is InChI=1S/C15H23N3/c1-11-9-17-18(10-11)14-7-13(15(2,3)4)6-5-12(14)8-16/h9-10,12-14H,5-7H2,1-4H3. The van der Waals surface area contributed by atoms with Crippen LogP contribution < -0.4 is 0 Å². The maximum atomic E-state index is 9.33. The van der Waals surface area contributed by atoms with Crippen molar-refractivity contribution in [1.29, 1.82) is 5.26 Å². The topological polar surface area (TPSA) is 41.6 Å². The quantitative estimate of drug-likeness (QED) is 0.756. The van der Waals surface area contributed by atoms with Gasteiger partial charge in [-0.25, -0.2) is 0 Å². The lowest BCUT2D eigenvalue weighted by molar-refractivity contribution is 0.116. The molecule has 18 heavy (non-hydrogen) atoms. The van der Waals surface area contributed by atoms with Crippen LogP contribution in [-0.4, -0.2) is 9.78 Å². The molecule has 0 aromatic carbocycles. The number of aryl methyl sites for hydroxylation is 1. The molecule has 0 aliphatic heterocycles. The Kier molecular flexibility index (Phi) is 3.47. The van der Waals surface area contributed by atoms with Crippen LogP contribution in [-0.2, 0) is 0 Å². The summed E-state index contributed by atoms with van der Waals surface area (Å²) in [5, 5.41) is 13.7. The van der Waals surface area contributed by atoms with Crippen molar-refractivity contribution in [2.24, 2.45) is 17.3 Å². The molecule has 0 spiro atoms. The summed E-state index contributed by atoms with van der Waals surface area (Å²) >= 11 is 0. The minimum absolute atomic E-state index is 0.114. The van der Waals surface area contributed by atoms with Gasteiger partial charge in [0.05, 0.1) is 24.2 Å². The summed E-state index contributed by atoms with van der Waals surface area (Å²) in [5.74, 6) is 0.791. The van der Waals surface area contributed by atoms with Gasteiger partial charge in [-0.1, -0.05) is 20.8 Å². The number of rotatable bonds is 1. The molecule has 0 saturated heterocycles. The fourth-order valence-electron chi connectivity index (χ4n) is 2.99. The molecule has 0 amide bonds. The molecule has 1 heterocycles. The number of aromatic nitrogens is 2. The van der Waals surface area contributed by atoms with Crippen molar-refractivity contribution in [3.63, 3.8) is 0 Å². The third-order valence-electron chi connectivity index (χ3n) is 4.28. The highest BCUT2D eigenvalue weighted by Gasteiger charge is 2.37. The van der Waals surface area contributed by atoms with E-state index in [4.69, 9.17) is 0 Å². The second-order valence-corrected chi connectivity index (χ2v) is 6.68. The molecule has 3 unspecified atom stereocenters. The lowest BCUT2D eigenvalue weighted by Crippen LogP contribution is -2.33. The third kappa shape index (κ3) is 2.58. The van der Waals surface area contributed by atoms with Crippen molar-refractivity contribution in [3.8, 4) is 6.07 Å². The first-order chi connectivity index (χ1) is 8.41. The molecule has 1 aliphatic carbocycles. The maximum Gasteiger partial charge on any atom is 0.0688 e. The van der Waals surface area contributed by atoms with Crippen molar-refractivity contribution in [3.05, 3.63) is 18.0 Å². The highest BCUT2D eigenvalue weighted by molar-refractivity contribution is 5.04. The summed E-state index contributed by atoms with van der Waals surface area (Å²) in [6.45, 7) is 8.95. The van der Waals surface area contributed by atoms with Crippen LogP contribution in [0, 0.1) is 35.5 Å². The van der Waals surface area contributed by atoms with Gasteiger partial charge >= 0.3 is 0 Å². The molecule has 3 nitrogen and oxygen atoms in total. The lowest BCUT2D eigenvalue weighted by Gasteiger charge is -2.39. The summed E-state index contributed by atoms with van der Waals surface area (Å²) in [4.78, 5) is 0. The fraction of sp³-hybridized carbons (Fsp3) is 0.733. The van der Waals surface area contributed by atoms with Crippen LogP contribution in [0.3, 0.4) is 0 Å². The van der Waals surface area contributed by atoms with Crippen LogP contribution >= 0.6 is 0 Å². The number of hydrogen-bond donors (Lipinski definition) is 0. The zero-order valence-corrected chi connectivity index (χ0v) is 11.8. The third-order valence-corrected chi connectivity index (χ3v) is 4.28. The van der Waals surface area contributed by atoms with E-state index in [1.54, 1.807) is 0 Å². The lowest BCUT2D eigenvalue weighted by atomic mass is 9.68. The molecule has 1 aromatic heterocycles. The van der Waals surface area contributed by atoms with Crippen LogP contribution in [0.5, 0.6) is 0 Å². The highest BCUT2D eigenvalue weighted by atomic mass is 15.3. The SMILES string of the molecule is Cc1cnn(C2CC(C(C)(C)C)CCC2C#N)c1. The van der Waals surface area contributed by atoms with Gasteiger partial charge in [0.2, 0.25) is 0 Å². The van der Waals surface area contributed by atoms with Gasteiger partial charge in [0, 0.05) is 6.20 Å². The number of hydrogen-bond acceptors (Lipinski definition) is 2. The zero-order chi connectivity index (χ0) is 13.3. The first kappa shape index (κ1) is 13.1. The highest BCUT2D eigenvalue weighted by Crippen LogP contribution is 2.44. The van der Waals surface area contributed by atoms with Crippen LogP contribution in [0.1, 0.15) is 51.6 Å². The van der Waals surface area contributed by atoms with E-state index >= 15 is 0 Å². The first-order valence-corrected chi connectivity index (χ1v) is 6.82. The maximum absolute atomic E-state index is 9.33. The summed E-state index contributed by atoms with van der Waals surface area (Å²) in [6, 6.07) is 2.72. The molecule has 0 N–H and O–H groups in total. The van der Waals surface area contributed by atoms with Gasteiger partial charge in [-0.05, 0) is 43.1 Å². The van der Waals surface area contributed by atoms with Crippen molar-refractivity contribution >= 4 is 0 Å². The Morgan fingerprint density at radius 2 is 2.11 bits per heavy atom. The van der Waals surface area contributed by atoms with Gasteiger partial charge in [-0.3, -0.25) is 4.68 Å². The minimum Gasteiger partial charge on any atom is -0.268 e. The van der Waals surface area contributed by atoms with E-state index in [9.17, 15) is 5.26 Å². The Hall–Kier alpha value is -1.30. The predicted octanol–water partition coefficient (Wildman–Crippen LogP) is 3.72. The fourth-order valence-corrected chi connectivity index (χ4v) is 2.99. The van der Waals surface area contributed by atoms with Gasteiger partial charge < -0.3 is 0 Å². The van der Waals surface area contributed by atoms with Gasteiger partial charge in [-0.2, -0.15) is 10.4 Å². The van der Waals surface area contributed by atoms with Crippen molar-refractivity contribution < 1.29 is 0 Å². The zero-order valence-electron chi connectivity index (χ0n) is 11.8. The molecule has 0 bridgehead atoms. The molecule has 98 valence electrons. The molecular formula is C15H23N3. The molecule has 3 atom stereocenters. The van der Waals surface area contributed by atoms with Crippen LogP contribution in [0.2, 0.25) is 0 Å². The van der Waals surface area contributed by atoms with Gasteiger partial charge in [-0.15, -0.1) is 0 Å². The van der Waals surface area contributed by atoms with Crippen molar-refractivity contribution in [2.45, 2.75) is 53.0 Å². The van der Waals surface area contributed by atoms with Crippen LogP contribution in [0.25, 0.3) is 0 Å². The summed E-state index contributed by atoms with van der Waals surface area (Å²) in [5.41, 5.74) is 1.49. The Morgan fingerprint density at radius 3 is 2.61 bits per heavy atom. The van der Waals surface area contributed by atoms with Crippen LogP contribution in [0.15, 0.2) is 12.4 Å². The summed E-state index contributed by atoms with van der Waals surface area (Å²) < 4.78 is 2.02. The Labute approximate surface area is 110 Å². The van der Waals surface area contributed by atoms with Gasteiger partial charge in [0.15, 0.2) is 0 Å². The molecular weight excluding hydrogens is 222 g/mol. The predicted molar refractivity (Wildman–Crippen MR) is 71.9 cm³/mol. The van der Waals surface area contributed by atoms with Crippen molar-refractivity contribution in [2.75, 3.05) is 0 Å². The number of nitrogens with zero attached hydrogens (tertiary/aromatic N) is 3. The van der Waals surface area contributed by atoms with E-state index in [0.29, 0.717) is 11.3 Å². The molecule has 1 saturated carbocycles. The Balaban J connectivity index is 2.22. The van der Waals surface area contributed by atoms with E-state index in [1.165, 1.54) is 12.0 Å². The smallest absolute Gasteiger partial charge is 0.0688 e. The first-order valence-electron chi connectivity index (χ1n) is 6.82. The van der Waals surface area contributed by atoms with Gasteiger partial charge in [0.25, 0.3) is 0 Å². The van der Waals surface area contributed by atoms with Gasteiger partial charge in [0.1, 0.15) is 0 Å². The minimum atomic E-state index is 0.114. The van der Waals surface area contributed by atoms with E-state index in [1.807, 2.05) is 10.9 Å². The molecule has 3 heteroatoms. The Bertz CT molecular complexity index is 447. The average molecular weight is 245 g/mol. The largest absolute Gasteiger partial charge is 0.268 e. The summed E-state index contributed by atoms with van der Waals surface area (Å²) in [6.07, 6.45) is 7.19. The molecule has 1 fully saturated rings. The molecule has 1 aromatic rings. The second-order valence-electron chi connectivity index (χ2n) is 6.68. The normalized spacial score (nSPS) is 28.9. The van der Waals surface area contributed by atoms with Crippen molar-refractivity contribution in [1.82, 2.24) is 9.78 Å². The van der Waals surface area contributed by atoms with E-state index in [0.717, 1.165) is 12.8 Å². The van der Waals surface area contributed by atoms with E-state index in [2.05, 4.69) is 45.1 Å². The van der Waals surface area contributed by atoms with E-state index in [-0.39, 0.29) is 12.0 Å². The van der Waals surface area contributed by atoms with E-state index < -0.39 is 0 Å². The Morgan fingerprint density at radius 1 is 1.39 bits per heavy atom. The second kappa shape index (κ2) is 4.76. The monoisotopic (exact) mass is 245 g/mol. The molecule has 0 radical (unpaired) electrons.